The van der Waals surface area contributed by atoms with Crippen molar-refractivity contribution in [1.82, 2.24) is 10.6 Å². The Balaban J connectivity index is 2.02. The zero-order chi connectivity index (χ0) is 20.4. The molecule has 0 saturated carbocycles. The van der Waals surface area contributed by atoms with Gasteiger partial charge in [-0.1, -0.05) is 30.3 Å². The predicted molar refractivity (Wildman–Crippen MR) is 110 cm³/mol. The van der Waals surface area contributed by atoms with E-state index in [2.05, 4.69) is 16.0 Å². The SMILES string of the molecule is N#CCCNC(=O)C(Cc1ccccc1)NC(=S)Nc1ccc([N+](=O)[O-])cc1. The standard InChI is InChI=1S/C19H19N5O3S/c20-11-4-12-21-18(25)17(13-14-5-2-1-3-6-14)23-19(28)22-15-7-9-16(10-8-15)24(26)27/h1-3,5-10,17H,4,12-13H2,(H,21,25)(H2,22,23,28). The highest BCUT2D eigenvalue weighted by Crippen LogP contribution is 2.15. The third kappa shape index (κ3) is 6.66. The lowest BCUT2D eigenvalue weighted by Gasteiger charge is -2.20. The van der Waals surface area contributed by atoms with Crippen LogP contribution in [0.3, 0.4) is 0 Å². The molecule has 0 heterocycles. The molecule has 0 aliphatic heterocycles. The normalized spacial score (nSPS) is 11.0. The zero-order valence-electron chi connectivity index (χ0n) is 14.9. The second kappa shape index (κ2) is 10.6. The van der Waals surface area contributed by atoms with Crippen molar-refractivity contribution in [2.45, 2.75) is 18.9 Å². The van der Waals surface area contributed by atoms with Gasteiger partial charge in [0.15, 0.2) is 5.11 Å². The van der Waals surface area contributed by atoms with Crippen LogP contribution in [0.25, 0.3) is 0 Å². The summed E-state index contributed by atoms with van der Waals surface area (Å²) in [7, 11) is 0. The molecular weight excluding hydrogens is 378 g/mol. The highest BCUT2D eigenvalue weighted by molar-refractivity contribution is 7.80. The first kappa shape index (κ1) is 20.8. The van der Waals surface area contributed by atoms with Crippen molar-refractivity contribution in [2.24, 2.45) is 0 Å². The smallest absolute Gasteiger partial charge is 0.269 e. The van der Waals surface area contributed by atoms with E-state index in [4.69, 9.17) is 17.5 Å². The van der Waals surface area contributed by atoms with Gasteiger partial charge in [-0.15, -0.1) is 0 Å². The van der Waals surface area contributed by atoms with Crippen LogP contribution in [0.1, 0.15) is 12.0 Å². The molecule has 28 heavy (non-hydrogen) atoms. The van der Waals surface area contributed by atoms with Crippen LogP contribution < -0.4 is 16.0 Å². The van der Waals surface area contributed by atoms with E-state index in [9.17, 15) is 14.9 Å². The number of nitro benzene ring substituents is 1. The molecule has 0 spiro atoms. The first-order chi connectivity index (χ1) is 13.5. The molecule has 1 atom stereocenters. The average Bonchev–Trinajstić information content (AvgIpc) is 2.68. The number of carbonyl (C=O) groups is 1. The number of carbonyl (C=O) groups excluding carboxylic acids is 1. The van der Waals surface area contributed by atoms with Gasteiger partial charge in [-0.25, -0.2) is 0 Å². The number of rotatable bonds is 8. The van der Waals surface area contributed by atoms with Gasteiger partial charge in [0.1, 0.15) is 6.04 Å². The Morgan fingerprint density at radius 1 is 1.18 bits per heavy atom. The van der Waals surface area contributed by atoms with E-state index in [1.54, 1.807) is 0 Å². The molecule has 8 nitrogen and oxygen atoms in total. The molecule has 2 aromatic carbocycles. The molecule has 0 aliphatic rings. The van der Waals surface area contributed by atoms with Crippen LogP contribution >= 0.6 is 12.2 Å². The van der Waals surface area contributed by atoms with Crippen LogP contribution in [0.5, 0.6) is 0 Å². The summed E-state index contributed by atoms with van der Waals surface area (Å²) >= 11 is 5.28. The minimum Gasteiger partial charge on any atom is -0.353 e. The summed E-state index contributed by atoms with van der Waals surface area (Å²) in [4.78, 5) is 22.7. The summed E-state index contributed by atoms with van der Waals surface area (Å²) in [5, 5.41) is 28.1. The summed E-state index contributed by atoms with van der Waals surface area (Å²) in [5.74, 6) is -0.271. The van der Waals surface area contributed by atoms with Crippen LogP contribution in [-0.2, 0) is 11.2 Å². The molecule has 3 N–H and O–H groups in total. The number of nitrogens with zero attached hydrogens (tertiary/aromatic N) is 2. The number of nitrogens with one attached hydrogen (secondary N) is 3. The summed E-state index contributed by atoms with van der Waals surface area (Å²) < 4.78 is 0. The van der Waals surface area contributed by atoms with Gasteiger partial charge in [0.05, 0.1) is 17.4 Å². The quantitative estimate of drug-likeness (QED) is 0.271. The topological polar surface area (TPSA) is 120 Å². The largest absolute Gasteiger partial charge is 0.353 e. The molecule has 0 aromatic heterocycles. The van der Waals surface area contributed by atoms with Gasteiger partial charge >= 0.3 is 0 Å². The first-order valence-corrected chi connectivity index (χ1v) is 8.91. The maximum absolute atomic E-state index is 12.5. The molecule has 144 valence electrons. The van der Waals surface area contributed by atoms with E-state index < -0.39 is 11.0 Å². The van der Waals surface area contributed by atoms with Crippen molar-refractivity contribution in [3.05, 3.63) is 70.3 Å². The number of nitriles is 1. The number of non-ortho nitro benzene ring substituents is 1. The summed E-state index contributed by atoms with van der Waals surface area (Å²) in [5.41, 5.74) is 1.49. The van der Waals surface area contributed by atoms with Gasteiger partial charge in [0.25, 0.3) is 5.69 Å². The molecule has 1 amide bonds. The van der Waals surface area contributed by atoms with E-state index >= 15 is 0 Å². The number of hydrogen-bond donors (Lipinski definition) is 3. The summed E-state index contributed by atoms with van der Waals surface area (Å²) in [6, 6.07) is 16.6. The highest BCUT2D eigenvalue weighted by atomic mass is 32.1. The Labute approximate surface area is 167 Å². The fourth-order valence-electron chi connectivity index (χ4n) is 2.42. The second-order valence-electron chi connectivity index (χ2n) is 5.84. The molecule has 0 bridgehead atoms. The monoisotopic (exact) mass is 397 g/mol. The van der Waals surface area contributed by atoms with E-state index in [0.717, 1.165) is 5.56 Å². The van der Waals surface area contributed by atoms with Gasteiger partial charge in [0.2, 0.25) is 5.91 Å². The molecular formula is C19H19N5O3S. The van der Waals surface area contributed by atoms with Gasteiger partial charge < -0.3 is 16.0 Å². The molecule has 2 rings (SSSR count). The van der Waals surface area contributed by atoms with E-state index in [1.165, 1.54) is 24.3 Å². The Morgan fingerprint density at radius 3 is 2.46 bits per heavy atom. The van der Waals surface area contributed by atoms with Crippen molar-refractivity contribution in [3.63, 3.8) is 0 Å². The lowest BCUT2D eigenvalue weighted by molar-refractivity contribution is -0.384. The predicted octanol–water partition coefficient (Wildman–Crippen LogP) is 2.52. The Kier molecular flexibility index (Phi) is 7.87. The van der Waals surface area contributed by atoms with Gasteiger partial charge in [-0.3, -0.25) is 14.9 Å². The third-order valence-electron chi connectivity index (χ3n) is 3.78. The number of anilines is 1. The fraction of sp³-hybridized carbons (Fsp3) is 0.211. The Hall–Kier alpha value is -3.51. The average molecular weight is 397 g/mol. The van der Waals surface area contributed by atoms with Crippen LogP contribution in [0, 0.1) is 21.4 Å². The molecule has 9 heteroatoms. The highest BCUT2D eigenvalue weighted by Gasteiger charge is 2.19. The number of benzene rings is 2. The first-order valence-electron chi connectivity index (χ1n) is 8.50. The van der Waals surface area contributed by atoms with Crippen molar-refractivity contribution < 1.29 is 9.72 Å². The van der Waals surface area contributed by atoms with Crippen LogP contribution in [-0.4, -0.2) is 28.5 Å². The molecule has 0 radical (unpaired) electrons. The van der Waals surface area contributed by atoms with Gasteiger partial charge in [0, 0.05) is 30.8 Å². The zero-order valence-corrected chi connectivity index (χ0v) is 15.7. The molecule has 0 aliphatic carbocycles. The number of thiocarbonyl (C=S) groups is 1. The van der Waals surface area contributed by atoms with E-state index in [-0.39, 0.29) is 29.7 Å². The number of hydrogen-bond acceptors (Lipinski definition) is 5. The van der Waals surface area contributed by atoms with Crippen LogP contribution in [0.4, 0.5) is 11.4 Å². The molecule has 1 unspecified atom stereocenters. The second-order valence-corrected chi connectivity index (χ2v) is 6.25. The molecule has 2 aromatic rings. The summed E-state index contributed by atoms with van der Waals surface area (Å²) in [6.07, 6.45) is 0.622. The lowest BCUT2D eigenvalue weighted by atomic mass is 10.1. The van der Waals surface area contributed by atoms with Crippen LogP contribution in [0.15, 0.2) is 54.6 Å². The summed E-state index contributed by atoms with van der Waals surface area (Å²) in [6.45, 7) is 0.255. The minimum absolute atomic E-state index is 0.0248. The lowest BCUT2D eigenvalue weighted by Crippen LogP contribution is -2.49. The van der Waals surface area contributed by atoms with Gasteiger partial charge in [-0.2, -0.15) is 5.26 Å². The molecule has 0 saturated heterocycles. The third-order valence-corrected chi connectivity index (χ3v) is 4.00. The van der Waals surface area contributed by atoms with E-state index in [0.29, 0.717) is 12.1 Å². The van der Waals surface area contributed by atoms with Crippen molar-refractivity contribution in [1.29, 1.82) is 5.26 Å². The van der Waals surface area contributed by atoms with Crippen molar-refractivity contribution >= 4 is 34.6 Å². The van der Waals surface area contributed by atoms with Crippen LogP contribution in [0.2, 0.25) is 0 Å². The molecule has 0 fully saturated rings. The Bertz CT molecular complexity index is 865. The fourth-order valence-corrected chi connectivity index (χ4v) is 2.68. The maximum Gasteiger partial charge on any atom is 0.269 e. The van der Waals surface area contributed by atoms with E-state index in [1.807, 2.05) is 36.4 Å². The number of amides is 1. The minimum atomic E-state index is -0.640. The van der Waals surface area contributed by atoms with Crippen molar-refractivity contribution in [3.8, 4) is 6.07 Å². The van der Waals surface area contributed by atoms with Gasteiger partial charge in [-0.05, 0) is 29.9 Å². The maximum atomic E-state index is 12.5. The number of nitro groups is 1. The Morgan fingerprint density at radius 2 is 1.86 bits per heavy atom. The van der Waals surface area contributed by atoms with Crippen molar-refractivity contribution in [2.75, 3.05) is 11.9 Å².